The number of nitrogens with zero attached hydrogens (tertiary/aromatic N) is 1. The molecule has 2 aromatic carbocycles. The third kappa shape index (κ3) is 5.15. The largest absolute Gasteiger partial charge is 0.387 e. The number of benzene rings is 2. The summed E-state index contributed by atoms with van der Waals surface area (Å²) in [4.78, 5) is 13.9. The molecule has 128 valence electrons. The van der Waals surface area contributed by atoms with Crippen LogP contribution in [0.2, 0.25) is 5.02 Å². The molecule has 2 rings (SSSR count). The van der Waals surface area contributed by atoms with Gasteiger partial charge in [0.15, 0.2) is 0 Å². The van der Waals surface area contributed by atoms with Crippen molar-refractivity contribution >= 4 is 23.3 Å². The second-order valence-electron chi connectivity index (χ2n) is 5.67. The van der Waals surface area contributed by atoms with Gasteiger partial charge < -0.3 is 20.6 Å². The van der Waals surface area contributed by atoms with E-state index >= 15 is 0 Å². The van der Waals surface area contributed by atoms with Crippen molar-refractivity contribution in [2.45, 2.75) is 12.6 Å². The van der Waals surface area contributed by atoms with Gasteiger partial charge in [-0.1, -0.05) is 41.9 Å². The van der Waals surface area contributed by atoms with E-state index in [1.165, 1.54) is 0 Å². The van der Waals surface area contributed by atoms with Crippen LogP contribution in [0.25, 0.3) is 0 Å². The lowest BCUT2D eigenvalue weighted by atomic mass is 10.1. The van der Waals surface area contributed by atoms with Crippen molar-refractivity contribution in [3.8, 4) is 0 Å². The number of nitrogens with one attached hydrogen (secondary N) is 2. The van der Waals surface area contributed by atoms with E-state index in [-0.39, 0.29) is 12.6 Å². The number of aliphatic hydroxyl groups is 1. The summed E-state index contributed by atoms with van der Waals surface area (Å²) in [5.74, 6) is 0. The first-order valence-corrected chi connectivity index (χ1v) is 8.05. The van der Waals surface area contributed by atoms with E-state index in [0.717, 1.165) is 11.3 Å². The monoisotopic (exact) mass is 347 g/mol. The standard InChI is InChI=1S/C18H22ClN3O2/c1-22(2)14-7-5-6-13(10-14)11-20-18(24)21-12-17(23)15-8-3-4-9-16(15)19/h3-10,17,23H,11-12H2,1-2H3,(H2,20,21,24). The molecule has 1 atom stereocenters. The Bertz CT molecular complexity index is 691. The van der Waals surface area contributed by atoms with Gasteiger partial charge in [0.1, 0.15) is 0 Å². The second kappa shape index (κ2) is 8.57. The third-order valence-electron chi connectivity index (χ3n) is 3.60. The van der Waals surface area contributed by atoms with Crippen molar-refractivity contribution in [1.82, 2.24) is 10.6 Å². The van der Waals surface area contributed by atoms with Crippen LogP contribution in [0.15, 0.2) is 48.5 Å². The number of urea groups is 1. The predicted octanol–water partition coefficient (Wildman–Crippen LogP) is 2.94. The van der Waals surface area contributed by atoms with Crippen molar-refractivity contribution in [3.63, 3.8) is 0 Å². The van der Waals surface area contributed by atoms with E-state index in [1.807, 2.05) is 43.3 Å². The van der Waals surface area contributed by atoms with E-state index in [1.54, 1.807) is 24.3 Å². The lowest BCUT2D eigenvalue weighted by molar-refractivity contribution is 0.173. The summed E-state index contributed by atoms with van der Waals surface area (Å²) in [5.41, 5.74) is 2.67. The van der Waals surface area contributed by atoms with E-state index in [2.05, 4.69) is 10.6 Å². The van der Waals surface area contributed by atoms with Crippen LogP contribution >= 0.6 is 11.6 Å². The number of amides is 2. The highest BCUT2D eigenvalue weighted by atomic mass is 35.5. The first kappa shape index (κ1) is 18.1. The molecule has 0 fully saturated rings. The Labute approximate surface area is 147 Å². The van der Waals surface area contributed by atoms with Gasteiger partial charge >= 0.3 is 6.03 Å². The van der Waals surface area contributed by atoms with Gasteiger partial charge in [-0.25, -0.2) is 4.79 Å². The summed E-state index contributed by atoms with van der Waals surface area (Å²) in [5, 5.41) is 16.0. The molecule has 0 radical (unpaired) electrons. The molecule has 0 saturated heterocycles. The molecular weight excluding hydrogens is 326 g/mol. The zero-order valence-corrected chi connectivity index (χ0v) is 14.5. The average molecular weight is 348 g/mol. The van der Waals surface area contributed by atoms with E-state index in [4.69, 9.17) is 11.6 Å². The number of hydrogen-bond donors (Lipinski definition) is 3. The molecule has 0 aromatic heterocycles. The quantitative estimate of drug-likeness (QED) is 0.752. The SMILES string of the molecule is CN(C)c1cccc(CNC(=O)NCC(O)c2ccccc2Cl)c1. The van der Waals surface area contributed by atoms with Gasteiger partial charge in [0.25, 0.3) is 0 Å². The normalized spacial score (nSPS) is 11.7. The number of halogens is 1. The maximum atomic E-state index is 11.9. The molecule has 0 aliphatic heterocycles. The molecule has 2 aromatic rings. The Balaban J connectivity index is 1.81. The van der Waals surface area contributed by atoms with E-state index < -0.39 is 6.10 Å². The fraction of sp³-hybridized carbons (Fsp3) is 0.278. The molecule has 0 aliphatic carbocycles. The number of anilines is 1. The van der Waals surface area contributed by atoms with Crippen LogP contribution in [-0.4, -0.2) is 31.8 Å². The van der Waals surface area contributed by atoms with Gasteiger partial charge in [0, 0.05) is 43.5 Å². The van der Waals surface area contributed by atoms with Crippen LogP contribution in [0.5, 0.6) is 0 Å². The summed E-state index contributed by atoms with van der Waals surface area (Å²) < 4.78 is 0. The van der Waals surface area contributed by atoms with Crippen molar-refractivity contribution < 1.29 is 9.90 Å². The summed E-state index contributed by atoms with van der Waals surface area (Å²) in [6, 6.07) is 14.6. The van der Waals surface area contributed by atoms with E-state index in [0.29, 0.717) is 17.1 Å². The molecule has 0 aliphatic rings. The number of carbonyl (C=O) groups is 1. The summed E-state index contributed by atoms with van der Waals surface area (Å²) >= 11 is 6.02. The zero-order valence-electron chi connectivity index (χ0n) is 13.8. The average Bonchev–Trinajstić information content (AvgIpc) is 2.58. The lowest BCUT2D eigenvalue weighted by Crippen LogP contribution is -2.37. The first-order chi connectivity index (χ1) is 11.5. The minimum absolute atomic E-state index is 0.0906. The molecule has 0 saturated carbocycles. The van der Waals surface area contributed by atoms with Crippen LogP contribution in [0.3, 0.4) is 0 Å². The molecule has 3 N–H and O–H groups in total. The molecule has 0 spiro atoms. The van der Waals surface area contributed by atoms with Gasteiger partial charge in [0.2, 0.25) is 0 Å². The Kier molecular flexibility index (Phi) is 6.46. The Morgan fingerprint density at radius 1 is 1.17 bits per heavy atom. The maximum absolute atomic E-state index is 11.9. The van der Waals surface area contributed by atoms with Crippen LogP contribution in [-0.2, 0) is 6.54 Å². The number of hydrogen-bond acceptors (Lipinski definition) is 3. The van der Waals surface area contributed by atoms with Crippen LogP contribution in [0, 0.1) is 0 Å². The zero-order chi connectivity index (χ0) is 17.5. The molecule has 0 heterocycles. The predicted molar refractivity (Wildman–Crippen MR) is 97.4 cm³/mol. The first-order valence-electron chi connectivity index (χ1n) is 7.68. The summed E-state index contributed by atoms with van der Waals surface area (Å²) in [7, 11) is 3.94. The maximum Gasteiger partial charge on any atom is 0.315 e. The second-order valence-corrected chi connectivity index (χ2v) is 6.07. The minimum atomic E-state index is -0.846. The number of carbonyl (C=O) groups excluding carboxylic acids is 1. The van der Waals surface area contributed by atoms with Gasteiger partial charge in [-0.15, -0.1) is 0 Å². The van der Waals surface area contributed by atoms with Gasteiger partial charge in [0.05, 0.1) is 6.10 Å². The van der Waals surface area contributed by atoms with Crippen molar-refractivity contribution in [2.24, 2.45) is 0 Å². The molecule has 24 heavy (non-hydrogen) atoms. The van der Waals surface area contributed by atoms with Crippen LogP contribution in [0.4, 0.5) is 10.5 Å². The Hall–Kier alpha value is -2.24. The minimum Gasteiger partial charge on any atom is -0.387 e. The topological polar surface area (TPSA) is 64.6 Å². The number of rotatable bonds is 6. The smallest absolute Gasteiger partial charge is 0.315 e. The molecule has 0 bridgehead atoms. The van der Waals surface area contributed by atoms with Crippen LogP contribution in [0.1, 0.15) is 17.2 Å². The van der Waals surface area contributed by atoms with Gasteiger partial charge in [-0.2, -0.15) is 0 Å². The fourth-order valence-electron chi connectivity index (χ4n) is 2.23. The highest BCUT2D eigenvalue weighted by Gasteiger charge is 2.12. The highest BCUT2D eigenvalue weighted by Crippen LogP contribution is 2.21. The summed E-state index contributed by atoms with van der Waals surface area (Å²) in [6.45, 7) is 0.503. The Morgan fingerprint density at radius 3 is 2.62 bits per heavy atom. The van der Waals surface area contributed by atoms with Crippen molar-refractivity contribution in [3.05, 3.63) is 64.7 Å². The molecular formula is C18H22ClN3O2. The molecule has 2 amide bonds. The molecule has 6 heteroatoms. The third-order valence-corrected chi connectivity index (χ3v) is 3.94. The lowest BCUT2D eigenvalue weighted by Gasteiger charge is -2.15. The fourth-order valence-corrected chi connectivity index (χ4v) is 2.50. The van der Waals surface area contributed by atoms with Crippen molar-refractivity contribution in [2.75, 3.05) is 25.5 Å². The van der Waals surface area contributed by atoms with Crippen LogP contribution < -0.4 is 15.5 Å². The van der Waals surface area contributed by atoms with E-state index in [9.17, 15) is 9.90 Å². The van der Waals surface area contributed by atoms with Gasteiger partial charge in [-0.05, 0) is 23.8 Å². The van der Waals surface area contributed by atoms with Crippen molar-refractivity contribution in [1.29, 1.82) is 0 Å². The number of aliphatic hydroxyl groups excluding tert-OH is 1. The molecule has 5 nitrogen and oxygen atoms in total. The highest BCUT2D eigenvalue weighted by molar-refractivity contribution is 6.31. The summed E-state index contributed by atoms with van der Waals surface area (Å²) in [6.07, 6.45) is -0.846. The Morgan fingerprint density at radius 2 is 1.92 bits per heavy atom. The van der Waals surface area contributed by atoms with Gasteiger partial charge in [-0.3, -0.25) is 0 Å². The molecule has 1 unspecified atom stereocenters.